The van der Waals surface area contributed by atoms with E-state index in [2.05, 4.69) is 5.32 Å². The lowest BCUT2D eigenvalue weighted by atomic mass is 10.1. The largest absolute Gasteiger partial charge is 0.382 e. The molecule has 0 radical (unpaired) electrons. The predicted molar refractivity (Wildman–Crippen MR) is 75.0 cm³/mol. The van der Waals surface area contributed by atoms with E-state index in [0.29, 0.717) is 44.8 Å². The summed E-state index contributed by atoms with van der Waals surface area (Å²) < 4.78 is 23.5. The third-order valence-corrected chi connectivity index (χ3v) is 2.80. The van der Waals surface area contributed by atoms with Gasteiger partial charge in [-0.2, -0.15) is 0 Å². The van der Waals surface area contributed by atoms with Gasteiger partial charge in [-0.05, 0) is 24.5 Å². The quantitative estimate of drug-likeness (QED) is 0.667. The van der Waals surface area contributed by atoms with Crippen molar-refractivity contribution in [3.8, 4) is 0 Å². The van der Waals surface area contributed by atoms with E-state index in [0.717, 1.165) is 6.42 Å². The van der Waals surface area contributed by atoms with E-state index >= 15 is 0 Å². The lowest BCUT2D eigenvalue weighted by Gasteiger charge is -2.06. The van der Waals surface area contributed by atoms with Crippen LogP contribution in [0.4, 0.5) is 4.39 Å². The molecule has 1 aromatic carbocycles. The molecular weight excluding hydrogens is 261 g/mol. The summed E-state index contributed by atoms with van der Waals surface area (Å²) in [5.41, 5.74) is 0.575. The third-order valence-electron chi connectivity index (χ3n) is 2.80. The van der Waals surface area contributed by atoms with Crippen LogP contribution >= 0.6 is 0 Å². The molecule has 1 N–H and O–H groups in total. The molecule has 4 nitrogen and oxygen atoms in total. The molecule has 20 heavy (non-hydrogen) atoms. The standard InChI is InChI=1S/C15H22FNO3/c1-19-11-12-20-10-4-9-17-15(18)8-7-13-5-2-3-6-14(13)16/h2-3,5-6H,4,7-12H2,1H3,(H,17,18). The van der Waals surface area contributed by atoms with Crippen molar-refractivity contribution >= 4 is 5.91 Å². The van der Waals surface area contributed by atoms with Crippen molar-refractivity contribution in [2.75, 3.05) is 33.5 Å². The van der Waals surface area contributed by atoms with Gasteiger partial charge in [0, 0.05) is 26.7 Å². The molecule has 0 aliphatic carbocycles. The first kappa shape index (κ1) is 16.6. The van der Waals surface area contributed by atoms with Crippen LogP contribution in [0, 0.1) is 5.82 Å². The lowest BCUT2D eigenvalue weighted by Crippen LogP contribution is -2.25. The van der Waals surface area contributed by atoms with Gasteiger partial charge in [0.15, 0.2) is 0 Å². The van der Waals surface area contributed by atoms with Crippen molar-refractivity contribution in [3.63, 3.8) is 0 Å². The summed E-state index contributed by atoms with van der Waals surface area (Å²) in [6, 6.07) is 6.52. The number of halogens is 1. The number of rotatable bonds is 10. The number of methoxy groups -OCH3 is 1. The van der Waals surface area contributed by atoms with Gasteiger partial charge >= 0.3 is 0 Å². The minimum atomic E-state index is -0.258. The SMILES string of the molecule is COCCOCCCNC(=O)CCc1ccccc1F. The van der Waals surface area contributed by atoms with Crippen molar-refractivity contribution < 1.29 is 18.7 Å². The minimum absolute atomic E-state index is 0.0647. The Bertz CT molecular complexity index is 398. The summed E-state index contributed by atoms with van der Waals surface area (Å²) in [7, 11) is 1.62. The van der Waals surface area contributed by atoms with Gasteiger partial charge in [-0.1, -0.05) is 18.2 Å². The molecule has 0 bridgehead atoms. The Labute approximate surface area is 119 Å². The van der Waals surface area contributed by atoms with Gasteiger partial charge in [0.25, 0.3) is 0 Å². The molecule has 0 atom stereocenters. The highest BCUT2D eigenvalue weighted by molar-refractivity contribution is 5.76. The molecule has 0 heterocycles. The van der Waals surface area contributed by atoms with E-state index in [1.54, 1.807) is 25.3 Å². The van der Waals surface area contributed by atoms with Crippen molar-refractivity contribution in [1.29, 1.82) is 0 Å². The number of ether oxygens (including phenoxy) is 2. The zero-order valence-corrected chi connectivity index (χ0v) is 11.9. The molecule has 0 aliphatic rings. The predicted octanol–water partition coefficient (Wildman–Crippen LogP) is 1.93. The zero-order valence-electron chi connectivity index (χ0n) is 11.9. The molecule has 0 saturated carbocycles. The Morgan fingerprint density at radius 2 is 2.05 bits per heavy atom. The normalized spacial score (nSPS) is 10.5. The van der Waals surface area contributed by atoms with Crippen LogP contribution < -0.4 is 5.32 Å². The number of amides is 1. The maximum absolute atomic E-state index is 13.3. The van der Waals surface area contributed by atoms with Gasteiger partial charge in [0.05, 0.1) is 13.2 Å². The van der Waals surface area contributed by atoms with Crippen molar-refractivity contribution in [2.45, 2.75) is 19.3 Å². The number of aryl methyl sites for hydroxylation is 1. The Morgan fingerprint density at radius 1 is 1.25 bits per heavy atom. The fourth-order valence-corrected chi connectivity index (χ4v) is 1.68. The van der Waals surface area contributed by atoms with Crippen LogP contribution in [-0.4, -0.2) is 39.4 Å². The lowest BCUT2D eigenvalue weighted by molar-refractivity contribution is -0.121. The topological polar surface area (TPSA) is 47.6 Å². The van der Waals surface area contributed by atoms with E-state index in [4.69, 9.17) is 9.47 Å². The van der Waals surface area contributed by atoms with Gasteiger partial charge in [-0.3, -0.25) is 4.79 Å². The Balaban J connectivity index is 2.05. The summed E-state index contributed by atoms with van der Waals surface area (Å²) in [6.45, 7) is 2.31. The van der Waals surface area contributed by atoms with Crippen LogP contribution in [0.25, 0.3) is 0 Å². The number of nitrogens with one attached hydrogen (secondary N) is 1. The number of hydrogen-bond donors (Lipinski definition) is 1. The summed E-state index contributed by atoms with van der Waals surface area (Å²) >= 11 is 0. The van der Waals surface area contributed by atoms with Gasteiger partial charge in [-0.15, -0.1) is 0 Å². The van der Waals surface area contributed by atoms with E-state index < -0.39 is 0 Å². The van der Waals surface area contributed by atoms with Gasteiger partial charge in [-0.25, -0.2) is 4.39 Å². The molecule has 0 aromatic heterocycles. The second-order valence-corrected chi connectivity index (χ2v) is 4.40. The molecule has 112 valence electrons. The van der Waals surface area contributed by atoms with Crippen LogP contribution in [0.3, 0.4) is 0 Å². The molecule has 0 aliphatic heterocycles. The second-order valence-electron chi connectivity index (χ2n) is 4.40. The van der Waals surface area contributed by atoms with E-state index in [1.165, 1.54) is 6.07 Å². The molecular formula is C15H22FNO3. The molecule has 1 aromatic rings. The number of carbonyl (C=O) groups excluding carboxylic acids is 1. The third kappa shape index (κ3) is 7.21. The summed E-state index contributed by atoms with van der Waals surface area (Å²) in [5, 5.41) is 2.79. The Morgan fingerprint density at radius 3 is 2.80 bits per heavy atom. The van der Waals surface area contributed by atoms with Crippen LogP contribution in [0.2, 0.25) is 0 Å². The van der Waals surface area contributed by atoms with Crippen molar-refractivity contribution in [2.24, 2.45) is 0 Å². The van der Waals surface area contributed by atoms with Gasteiger partial charge in [0.2, 0.25) is 5.91 Å². The molecule has 1 amide bonds. The molecule has 1 rings (SSSR count). The fraction of sp³-hybridized carbons (Fsp3) is 0.533. The molecule has 0 saturated heterocycles. The van der Waals surface area contributed by atoms with Crippen LogP contribution in [-0.2, 0) is 20.7 Å². The second kappa shape index (κ2) is 10.3. The summed E-state index contributed by atoms with van der Waals surface area (Å²) in [5.74, 6) is -0.322. The van der Waals surface area contributed by atoms with Gasteiger partial charge < -0.3 is 14.8 Å². The Hall–Kier alpha value is -1.46. The van der Waals surface area contributed by atoms with Crippen LogP contribution in [0.1, 0.15) is 18.4 Å². The average molecular weight is 283 g/mol. The van der Waals surface area contributed by atoms with E-state index in [-0.39, 0.29) is 11.7 Å². The number of hydrogen-bond acceptors (Lipinski definition) is 3. The number of carbonyl (C=O) groups is 1. The monoisotopic (exact) mass is 283 g/mol. The maximum Gasteiger partial charge on any atom is 0.220 e. The van der Waals surface area contributed by atoms with Crippen molar-refractivity contribution in [3.05, 3.63) is 35.6 Å². The zero-order chi connectivity index (χ0) is 14.6. The first-order valence-electron chi connectivity index (χ1n) is 6.81. The first-order valence-corrected chi connectivity index (χ1v) is 6.81. The highest BCUT2D eigenvalue weighted by Gasteiger charge is 2.05. The number of benzene rings is 1. The molecule has 5 heteroatoms. The molecule has 0 unspecified atom stereocenters. The van der Waals surface area contributed by atoms with Crippen molar-refractivity contribution in [1.82, 2.24) is 5.32 Å². The summed E-state index contributed by atoms with van der Waals surface area (Å²) in [6.07, 6.45) is 1.48. The fourth-order valence-electron chi connectivity index (χ4n) is 1.68. The highest BCUT2D eigenvalue weighted by atomic mass is 19.1. The minimum Gasteiger partial charge on any atom is -0.382 e. The molecule has 0 spiro atoms. The van der Waals surface area contributed by atoms with E-state index in [9.17, 15) is 9.18 Å². The molecule has 0 fully saturated rings. The van der Waals surface area contributed by atoms with E-state index in [1.807, 2.05) is 0 Å². The average Bonchev–Trinajstić information content (AvgIpc) is 2.45. The smallest absolute Gasteiger partial charge is 0.220 e. The maximum atomic E-state index is 13.3. The highest BCUT2D eigenvalue weighted by Crippen LogP contribution is 2.08. The summed E-state index contributed by atoms with van der Waals surface area (Å²) in [4.78, 5) is 11.6. The Kier molecular flexibility index (Phi) is 8.58. The van der Waals surface area contributed by atoms with Crippen LogP contribution in [0.5, 0.6) is 0 Å². The van der Waals surface area contributed by atoms with Crippen LogP contribution in [0.15, 0.2) is 24.3 Å². The van der Waals surface area contributed by atoms with Gasteiger partial charge in [0.1, 0.15) is 5.82 Å². The first-order chi connectivity index (χ1) is 9.74.